The summed E-state index contributed by atoms with van der Waals surface area (Å²) in [5.41, 5.74) is -0.159. The number of H-pyrrole nitrogens is 1. The van der Waals surface area contributed by atoms with E-state index < -0.39 is 21.8 Å². The first-order valence-electron chi connectivity index (χ1n) is 5.94. The minimum Gasteiger partial charge on any atom is -0.477 e. The van der Waals surface area contributed by atoms with Crippen LogP contribution in [0.25, 0.3) is 0 Å². The lowest BCUT2D eigenvalue weighted by Crippen LogP contribution is -2.15. The molecule has 0 aliphatic heterocycles. The van der Waals surface area contributed by atoms with E-state index in [4.69, 9.17) is 5.11 Å². The highest BCUT2D eigenvalue weighted by molar-refractivity contribution is 7.92. The number of aromatic carboxylic acids is 1. The first-order valence-corrected chi connectivity index (χ1v) is 7.42. The molecule has 2 rings (SSSR count). The molecule has 0 aliphatic rings. The van der Waals surface area contributed by atoms with Crippen LogP contribution in [-0.4, -0.2) is 24.5 Å². The Bertz CT molecular complexity index is 812. The van der Waals surface area contributed by atoms with E-state index in [0.717, 1.165) is 6.07 Å². The molecule has 0 saturated heterocycles. The molecular weight excluding hydrogens is 299 g/mol. The van der Waals surface area contributed by atoms with E-state index in [1.165, 1.54) is 32.0 Å². The maximum absolute atomic E-state index is 13.5. The van der Waals surface area contributed by atoms with E-state index >= 15 is 0 Å². The molecule has 0 radical (unpaired) electrons. The lowest BCUT2D eigenvalue weighted by atomic mass is 10.2. The predicted octanol–water partition coefficient (Wildman–Crippen LogP) is 2.27. The number of aryl methyl sites for hydroxylation is 1. The van der Waals surface area contributed by atoms with Crippen LogP contribution in [0.15, 0.2) is 29.2 Å². The van der Waals surface area contributed by atoms with Crippen LogP contribution in [0.1, 0.15) is 21.7 Å². The molecule has 1 aromatic carbocycles. The topological polar surface area (TPSA) is 99.3 Å². The molecule has 0 spiro atoms. The zero-order valence-corrected chi connectivity index (χ0v) is 12.1. The highest BCUT2D eigenvalue weighted by atomic mass is 32.2. The number of hydrogen-bond donors (Lipinski definition) is 3. The van der Waals surface area contributed by atoms with Crippen molar-refractivity contribution >= 4 is 21.7 Å². The minimum absolute atomic E-state index is 0.0730. The third-order valence-electron chi connectivity index (χ3n) is 2.97. The first kappa shape index (κ1) is 15.0. The van der Waals surface area contributed by atoms with Gasteiger partial charge in [-0.15, -0.1) is 0 Å². The van der Waals surface area contributed by atoms with Gasteiger partial charge in [-0.25, -0.2) is 17.6 Å². The third kappa shape index (κ3) is 2.75. The van der Waals surface area contributed by atoms with Crippen LogP contribution in [0, 0.1) is 19.7 Å². The van der Waals surface area contributed by atoms with Crippen LogP contribution in [0.3, 0.4) is 0 Å². The van der Waals surface area contributed by atoms with Gasteiger partial charge < -0.3 is 10.1 Å². The van der Waals surface area contributed by atoms with Gasteiger partial charge in [0.1, 0.15) is 16.4 Å². The van der Waals surface area contributed by atoms with Crippen LogP contribution in [0.5, 0.6) is 0 Å². The number of para-hydroxylation sites is 1. The number of anilines is 1. The van der Waals surface area contributed by atoms with Gasteiger partial charge in [-0.3, -0.25) is 4.72 Å². The van der Waals surface area contributed by atoms with Gasteiger partial charge in [0.2, 0.25) is 0 Å². The Labute approximate surface area is 120 Å². The SMILES string of the molecule is Cc1[nH]c(C(=O)O)c(C)c1S(=O)(=O)Nc1ccccc1F. The summed E-state index contributed by atoms with van der Waals surface area (Å²) in [6.45, 7) is 2.82. The molecule has 0 amide bonds. The molecule has 1 aromatic heterocycles. The van der Waals surface area contributed by atoms with Crippen molar-refractivity contribution in [1.29, 1.82) is 0 Å². The summed E-state index contributed by atoms with van der Waals surface area (Å²) in [6, 6.07) is 5.32. The summed E-state index contributed by atoms with van der Waals surface area (Å²) in [5.74, 6) is -1.98. The van der Waals surface area contributed by atoms with Gasteiger partial charge in [0.05, 0.1) is 5.69 Å². The van der Waals surface area contributed by atoms with Crippen molar-refractivity contribution in [2.45, 2.75) is 18.7 Å². The smallest absolute Gasteiger partial charge is 0.352 e. The largest absolute Gasteiger partial charge is 0.477 e. The molecule has 8 heteroatoms. The number of aromatic amines is 1. The fourth-order valence-electron chi connectivity index (χ4n) is 2.09. The Balaban J connectivity index is 2.51. The monoisotopic (exact) mass is 312 g/mol. The Morgan fingerprint density at radius 1 is 1.29 bits per heavy atom. The number of carboxylic acid groups (broad SMARTS) is 1. The summed E-state index contributed by atoms with van der Waals surface area (Å²) in [4.78, 5) is 13.3. The van der Waals surface area contributed by atoms with E-state index in [0.29, 0.717) is 0 Å². The molecule has 2 aromatic rings. The predicted molar refractivity (Wildman–Crippen MR) is 74.4 cm³/mol. The Morgan fingerprint density at radius 3 is 2.43 bits per heavy atom. The van der Waals surface area contributed by atoms with Gasteiger partial charge in [-0.1, -0.05) is 12.1 Å². The zero-order chi connectivity index (χ0) is 15.8. The molecular formula is C13H13FN2O4S. The highest BCUT2D eigenvalue weighted by Gasteiger charge is 2.27. The average Bonchev–Trinajstić information content (AvgIpc) is 2.68. The Kier molecular flexibility index (Phi) is 3.73. The van der Waals surface area contributed by atoms with Gasteiger partial charge in [-0.2, -0.15) is 0 Å². The summed E-state index contributed by atoms with van der Waals surface area (Å²) in [6.07, 6.45) is 0. The maximum Gasteiger partial charge on any atom is 0.352 e. The first-order chi connectivity index (χ1) is 9.74. The normalized spacial score (nSPS) is 11.4. The highest BCUT2D eigenvalue weighted by Crippen LogP contribution is 2.26. The van der Waals surface area contributed by atoms with Gasteiger partial charge >= 0.3 is 5.97 Å². The number of hydrogen-bond acceptors (Lipinski definition) is 3. The van der Waals surface area contributed by atoms with E-state index in [2.05, 4.69) is 9.71 Å². The summed E-state index contributed by atoms with van der Waals surface area (Å²) in [7, 11) is -4.09. The molecule has 6 nitrogen and oxygen atoms in total. The number of nitrogens with one attached hydrogen (secondary N) is 2. The van der Waals surface area contributed by atoms with Crippen molar-refractivity contribution < 1.29 is 22.7 Å². The number of benzene rings is 1. The quantitative estimate of drug-likeness (QED) is 0.806. The second-order valence-corrected chi connectivity index (χ2v) is 6.09. The molecule has 0 aliphatic carbocycles. The van der Waals surface area contributed by atoms with E-state index in [1.54, 1.807) is 0 Å². The van der Waals surface area contributed by atoms with Crippen molar-refractivity contribution in [2.24, 2.45) is 0 Å². The van der Waals surface area contributed by atoms with Crippen LogP contribution < -0.4 is 4.72 Å². The van der Waals surface area contributed by atoms with E-state index in [-0.39, 0.29) is 27.5 Å². The molecule has 112 valence electrons. The van der Waals surface area contributed by atoms with Crippen molar-refractivity contribution in [3.05, 3.63) is 47.0 Å². The zero-order valence-electron chi connectivity index (χ0n) is 11.3. The molecule has 0 atom stereocenters. The number of halogens is 1. The van der Waals surface area contributed by atoms with Crippen molar-refractivity contribution in [3.63, 3.8) is 0 Å². The van der Waals surface area contributed by atoms with Gasteiger partial charge in [0, 0.05) is 11.3 Å². The second kappa shape index (κ2) is 5.21. The number of carboxylic acids is 1. The fraction of sp³-hybridized carbons (Fsp3) is 0.154. The lowest BCUT2D eigenvalue weighted by molar-refractivity contribution is 0.0690. The molecule has 1 heterocycles. The summed E-state index contributed by atoms with van der Waals surface area (Å²) >= 11 is 0. The van der Waals surface area contributed by atoms with Gasteiger partial charge in [0.15, 0.2) is 0 Å². The molecule has 0 bridgehead atoms. The molecule has 0 unspecified atom stereocenters. The van der Waals surface area contributed by atoms with Crippen LogP contribution in [0.4, 0.5) is 10.1 Å². The maximum atomic E-state index is 13.5. The van der Waals surface area contributed by atoms with Crippen LogP contribution >= 0.6 is 0 Å². The fourth-order valence-corrected chi connectivity index (χ4v) is 3.61. The summed E-state index contributed by atoms with van der Waals surface area (Å²) < 4.78 is 40.3. The summed E-state index contributed by atoms with van der Waals surface area (Å²) in [5, 5.41) is 9.00. The third-order valence-corrected chi connectivity index (χ3v) is 4.61. The van der Waals surface area contributed by atoms with Crippen molar-refractivity contribution in [3.8, 4) is 0 Å². The number of sulfonamides is 1. The lowest BCUT2D eigenvalue weighted by Gasteiger charge is -2.09. The van der Waals surface area contributed by atoms with Crippen LogP contribution in [-0.2, 0) is 10.0 Å². The number of carbonyl (C=O) groups is 1. The average molecular weight is 312 g/mol. The van der Waals surface area contributed by atoms with Crippen LogP contribution in [0.2, 0.25) is 0 Å². The van der Waals surface area contributed by atoms with Gasteiger partial charge in [-0.05, 0) is 26.0 Å². The minimum atomic E-state index is -4.09. The van der Waals surface area contributed by atoms with Crippen molar-refractivity contribution in [2.75, 3.05) is 4.72 Å². The Hall–Kier alpha value is -2.35. The number of rotatable bonds is 4. The molecule has 0 saturated carbocycles. The molecule has 21 heavy (non-hydrogen) atoms. The Morgan fingerprint density at radius 2 is 1.90 bits per heavy atom. The van der Waals surface area contributed by atoms with Gasteiger partial charge in [0.25, 0.3) is 10.0 Å². The number of aromatic nitrogens is 1. The van der Waals surface area contributed by atoms with Crippen molar-refractivity contribution in [1.82, 2.24) is 4.98 Å². The molecule has 0 fully saturated rings. The molecule has 3 N–H and O–H groups in total. The van der Waals surface area contributed by atoms with E-state index in [9.17, 15) is 17.6 Å². The standard InChI is InChI=1S/C13H13FN2O4S/c1-7-11(13(17)18)15-8(2)12(7)21(19,20)16-10-6-4-3-5-9(10)14/h3-6,15-16H,1-2H3,(H,17,18). The second-order valence-electron chi connectivity index (χ2n) is 4.47. The van der Waals surface area contributed by atoms with E-state index in [1.807, 2.05) is 0 Å².